The second-order valence-electron chi connectivity index (χ2n) is 5.13. The van der Waals surface area contributed by atoms with Gasteiger partial charge >= 0.3 is 0 Å². The molecule has 5 heteroatoms. The molecule has 3 N–H and O–H groups in total. The Hall–Kier alpha value is -1.75. The number of benzene rings is 1. The Balaban J connectivity index is 2.25. The number of nitrogens with one attached hydrogen (secondary N) is 1. The quantitative estimate of drug-likeness (QED) is 0.831. The molecule has 0 heterocycles. The molecule has 20 heavy (non-hydrogen) atoms. The van der Waals surface area contributed by atoms with Crippen LogP contribution in [0.15, 0.2) is 18.2 Å². The Morgan fingerprint density at radius 3 is 2.20 bits per heavy atom. The van der Waals surface area contributed by atoms with Crippen molar-refractivity contribution in [2.45, 2.75) is 37.8 Å². The first kappa shape index (κ1) is 14.7. The van der Waals surface area contributed by atoms with Crippen molar-refractivity contribution in [1.82, 2.24) is 5.32 Å². The van der Waals surface area contributed by atoms with Crippen LogP contribution in [0.1, 0.15) is 37.3 Å². The summed E-state index contributed by atoms with van der Waals surface area (Å²) in [4.78, 5) is 11.8. The van der Waals surface area contributed by atoms with Gasteiger partial charge in [-0.25, -0.2) is 0 Å². The minimum absolute atomic E-state index is 0.352. The van der Waals surface area contributed by atoms with Crippen LogP contribution >= 0.6 is 0 Å². The van der Waals surface area contributed by atoms with Crippen LogP contribution in [0.2, 0.25) is 0 Å². The van der Waals surface area contributed by atoms with E-state index in [4.69, 9.17) is 15.2 Å². The summed E-state index contributed by atoms with van der Waals surface area (Å²) in [6.07, 6.45) is 4.57. The smallest absolute Gasteiger partial charge is 0.239 e. The third-order valence-corrected chi connectivity index (χ3v) is 3.75. The van der Waals surface area contributed by atoms with Crippen molar-refractivity contribution < 1.29 is 14.3 Å². The zero-order chi connectivity index (χ0) is 14.5. The van der Waals surface area contributed by atoms with E-state index in [-0.39, 0.29) is 5.91 Å². The summed E-state index contributed by atoms with van der Waals surface area (Å²) >= 11 is 0. The molecule has 1 aliphatic rings. The molecular weight excluding hydrogens is 256 g/mol. The third kappa shape index (κ3) is 3.42. The first-order chi connectivity index (χ1) is 9.63. The van der Waals surface area contributed by atoms with Crippen LogP contribution in [-0.4, -0.2) is 26.2 Å². The minimum Gasteiger partial charge on any atom is -0.497 e. The van der Waals surface area contributed by atoms with Gasteiger partial charge in [0.1, 0.15) is 17.5 Å². The molecule has 110 valence electrons. The van der Waals surface area contributed by atoms with Crippen molar-refractivity contribution in [2.75, 3.05) is 14.2 Å². The number of amides is 1. The number of primary amides is 1. The number of hydrogen-bond acceptors (Lipinski definition) is 4. The van der Waals surface area contributed by atoms with Crippen molar-refractivity contribution in [1.29, 1.82) is 0 Å². The average Bonchev–Trinajstić information content (AvgIpc) is 2.96. The molecule has 0 aromatic heterocycles. The van der Waals surface area contributed by atoms with E-state index < -0.39 is 6.04 Å². The normalized spacial score (nSPS) is 16.9. The molecule has 5 nitrogen and oxygen atoms in total. The van der Waals surface area contributed by atoms with Crippen molar-refractivity contribution >= 4 is 5.91 Å². The van der Waals surface area contributed by atoms with Gasteiger partial charge in [-0.1, -0.05) is 12.8 Å². The van der Waals surface area contributed by atoms with Gasteiger partial charge in [0.15, 0.2) is 0 Å². The number of methoxy groups -OCH3 is 2. The summed E-state index contributed by atoms with van der Waals surface area (Å²) in [6.45, 7) is 0. The largest absolute Gasteiger partial charge is 0.497 e. The average molecular weight is 278 g/mol. The number of carbonyl (C=O) groups is 1. The van der Waals surface area contributed by atoms with E-state index in [2.05, 4.69) is 5.32 Å². The maximum absolute atomic E-state index is 11.8. The van der Waals surface area contributed by atoms with Gasteiger partial charge in [0, 0.05) is 12.1 Å². The first-order valence-electron chi connectivity index (χ1n) is 6.92. The van der Waals surface area contributed by atoms with Gasteiger partial charge in [-0.05, 0) is 30.5 Å². The van der Waals surface area contributed by atoms with Gasteiger partial charge < -0.3 is 15.2 Å². The van der Waals surface area contributed by atoms with Crippen molar-refractivity contribution in [3.05, 3.63) is 23.8 Å². The second-order valence-corrected chi connectivity index (χ2v) is 5.13. The fourth-order valence-corrected chi connectivity index (χ4v) is 2.67. The molecular formula is C15H22N2O3. The zero-order valence-corrected chi connectivity index (χ0v) is 12.0. The Labute approximate surface area is 119 Å². The van der Waals surface area contributed by atoms with Crippen molar-refractivity contribution in [3.63, 3.8) is 0 Å². The van der Waals surface area contributed by atoms with Crippen LogP contribution in [0.3, 0.4) is 0 Å². The van der Waals surface area contributed by atoms with Gasteiger partial charge in [-0.3, -0.25) is 10.1 Å². The van der Waals surface area contributed by atoms with E-state index in [1.807, 2.05) is 12.1 Å². The third-order valence-electron chi connectivity index (χ3n) is 3.75. The molecule has 0 aliphatic heterocycles. The monoisotopic (exact) mass is 278 g/mol. The number of nitrogens with two attached hydrogens (primary N) is 1. The van der Waals surface area contributed by atoms with Crippen LogP contribution in [0.4, 0.5) is 0 Å². The molecule has 1 atom stereocenters. The standard InChI is InChI=1S/C15H22N2O3/c1-19-12-7-10(8-13(9-12)20-2)14(15(16)18)17-11-5-3-4-6-11/h7-9,11,14,17H,3-6H2,1-2H3,(H2,16,18). The summed E-state index contributed by atoms with van der Waals surface area (Å²) in [5.41, 5.74) is 6.33. The Kier molecular flexibility index (Phi) is 4.84. The number of rotatable bonds is 6. The van der Waals surface area contributed by atoms with Gasteiger partial charge in [-0.15, -0.1) is 0 Å². The summed E-state index contributed by atoms with van der Waals surface area (Å²) in [5.74, 6) is 0.921. The topological polar surface area (TPSA) is 73.6 Å². The summed E-state index contributed by atoms with van der Waals surface area (Å²) in [6, 6.07) is 5.25. The van der Waals surface area contributed by atoms with Gasteiger partial charge in [-0.2, -0.15) is 0 Å². The molecule has 0 saturated heterocycles. The van der Waals surface area contributed by atoms with Crippen LogP contribution in [0.25, 0.3) is 0 Å². The van der Waals surface area contributed by atoms with E-state index in [1.165, 1.54) is 12.8 Å². The van der Waals surface area contributed by atoms with E-state index in [0.29, 0.717) is 17.5 Å². The van der Waals surface area contributed by atoms with Gasteiger partial charge in [0.2, 0.25) is 5.91 Å². The summed E-state index contributed by atoms with van der Waals surface area (Å²) < 4.78 is 10.5. The number of hydrogen-bond donors (Lipinski definition) is 2. The van der Waals surface area contributed by atoms with E-state index in [9.17, 15) is 4.79 Å². The highest BCUT2D eigenvalue weighted by Crippen LogP contribution is 2.28. The molecule has 2 rings (SSSR count). The molecule has 0 spiro atoms. The highest BCUT2D eigenvalue weighted by atomic mass is 16.5. The molecule has 1 amide bonds. The van der Waals surface area contributed by atoms with E-state index in [1.54, 1.807) is 20.3 Å². The molecule has 0 radical (unpaired) electrons. The molecule has 1 aromatic rings. The predicted octanol–water partition coefficient (Wildman–Crippen LogP) is 1.76. The lowest BCUT2D eigenvalue weighted by Gasteiger charge is -2.21. The lowest BCUT2D eigenvalue weighted by atomic mass is 10.0. The Bertz CT molecular complexity index is 448. The Morgan fingerprint density at radius 1 is 1.20 bits per heavy atom. The van der Waals surface area contributed by atoms with Crippen LogP contribution in [-0.2, 0) is 4.79 Å². The highest BCUT2D eigenvalue weighted by molar-refractivity contribution is 5.81. The molecule has 0 bridgehead atoms. The molecule has 1 saturated carbocycles. The SMILES string of the molecule is COc1cc(OC)cc(C(NC2CCCC2)C(N)=O)c1. The van der Waals surface area contributed by atoms with E-state index >= 15 is 0 Å². The molecule has 1 aliphatic carbocycles. The second kappa shape index (κ2) is 6.61. The van der Waals surface area contributed by atoms with Crippen LogP contribution in [0, 0.1) is 0 Å². The predicted molar refractivity (Wildman–Crippen MR) is 76.9 cm³/mol. The fourth-order valence-electron chi connectivity index (χ4n) is 2.67. The lowest BCUT2D eigenvalue weighted by molar-refractivity contribution is -0.120. The maximum atomic E-state index is 11.8. The molecule has 1 aromatic carbocycles. The van der Waals surface area contributed by atoms with Crippen molar-refractivity contribution in [3.8, 4) is 11.5 Å². The van der Waals surface area contributed by atoms with Crippen molar-refractivity contribution in [2.24, 2.45) is 5.73 Å². The van der Waals surface area contributed by atoms with Gasteiger partial charge in [0.25, 0.3) is 0 Å². The minimum atomic E-state index is -0.512. The molecule has 1 unspecified atom stereocenters. The van der Waals surface area contributed by atoms with Crippen LogP contribution < -0.4 is 20.5 Å². The number of ether oxygens (including phenoxy) is 2. The summed E-state index contributed by atoms with van der Waals surface area (Å²) in [7, 11) is 3.17. The maximum Gasteiger partial charge on any atom is 0.239 e. The molecule has 1 fully saturated rings. The van der Waals surface area contributed by atoms with Crippen LogP contribution in [0.5, 0.6) is 11.5 Å². The lowest BCUT2D eigenvalue weighted by Crippen LogP contribution is -2.38. The number of carbonyl (C=O) groups excluding carboxylic acids is 1. The summed E-state index contributed by atoms with van der Waals surface area (Å²) in [5, 5.41) is 3.35. The first-order valence-corrected chi connectivity index (χ1v) is 6.92. The van der Waals surface area contributed by atoms with Gasteiger partial charge in [0.05, 0.1) is 14.2 Å². The highest BCUT2D eigenvalue weighted by Gasteiger charge is 2.24. The fraction of sp³-hybridized carbons (Fsp3) is 0.533. The Morgan fingerprint density at radius 2 is 1.75 bits per heavy atom. The van der Waals surface area contributed by atoms with E-state index in [0.717, 1.165) is 18.4 Å². The zero-order valence-electron chi connectivity index (χ0n) is 12.0.